The van der Waals surface area contributed by atoms with Crippen molar-refractivity contribution in [2.75, 3.05) is 11.6 Å². The number of anilines is 1. The first kappa shape index (κ1) is 17.0. The van der Waals surface area contributed by atoms with Gasteiger partial charge in [-0.05, 0) is 30.3 Å². The van der Waals surface area contributed by atoms with Crippen LogP contribution in [0.2, 0.25) is 0 Å². The van der Waals surface area contributed by atoms with Crippen molar-refractivity contribution in [3.8, 4) is 11.5 Å². The minimum Gasteiger partial charge on any atom is -0.457 e. The molecule has 3 aromatic rings. The molecule has 0 amide bonds. The summed E-state index contributed by atoms with van der Waals surface area (Å²) < 4.78 is 29.7. The number of rotatable bonds is 6. The maximum absolute atomic E-state index is 11.9. The lowest BCUT2D eigenvalue weighted by Crippen LogP contribution is -2.08. The monoisotopic (exact) mass is 354 g/mol. The Morgan fingerprint density at radius 1 is 0.960 bits per heavy atom. The van der Waals surface area contributed by atoms with Crippen LogP contribution in [0, 0.1) is 0 Å². The number of aromatic nitrogens is 1. The van der Waals surface area contributed by atoms with E-state index >= 15 is 0 Å². The van der Waals surface area contributed by atoms with Crippen LogP contribution < -0.4 is 10.1 Å². The van der Waals surface area contributed by atoms with E-state index in [1.54, 1.807) is 12.3 Å². The molecule has 6 heteroatoms. The zero-order valence-electron chi connectivity index (χ0n) is 13.7. The number of para-hydroxylation sites is 2. The number of hydrogen-bond donors (Lipinski definition) is 1. The van der Waals surface area contributed by atoms with Crippen molar-refractivity contribution in [1.82, 2.24) is 4.98 Å². The van der Waals surface area contributed by atoms with E-state index in [2.05, 4.69) is 10.3 Å². The second-order valence-corrected chi connectivity index (χ2v) is 7.48. The molecule has 0 aliphatic carbocycles. The van der Waals surface area contributed by atoms with Crippen molar-refractivity contribution >= 4 is 15.7 Å². The third-order valence-electron chi connectivity index (χ3n) is 3.56. The molecule has 0 aliphatic heterocycles. The molecule has 0 saturated carbocycles. The molecule has 0 radical (unpaired) electrons. The van der Waals surface area contributed by atoms with Crippen LogP contribution in [0.1, 0.15) is 5.56 Å². The molecule has 0 atom stereocenters. The number of hydrogen-bond acceptors (Lipinski definition) is 5. The smallest absolute Gasteiger partial charge is 0.179 e. The summed E-state index contributed by atoms with van der Waals surface area (Å²) in [5.74, 6) is 1.78. The van der Waals surface area contributed by atoms with Crippen molar-refractivity contribution in [2.24, 2.45) is 0 Å². The molecule has 1 aromatic heterocycles. The van der Waals surface area contributed by atoms with E-state index in [1.807, 2.05) is 54.6 Å². The van der Waals surface area contributed by atoms with Gasteiger partial charge in [0.05, 0.1) is 0 Å². The number of nitrogens with zero attached hydrogens (tertiary/aromatic N) is 1. The van der Waals surface area contributed by atoms with Crippen LogP contribution in [0.25, 0.3) is 0 Å². The maximum Gasteiger partial charge on any atom is 0.179 e. The Hall–Kier alpha value is -2.86. The molecule has 1 N–H and O–H groups in total. The summed E-state index contributed by atoms with van der Waals surface area (Å²) >= 11 is 0. The zero-order valence-corrected chi connectivity index (χ0v) is 14.5. The third-order valence-corrected chi connectivity index (χ3v) is 4.69. The zero-order chi connectivity index (χ0) is 17.7. The predicted octanol–water partition coefficient (Wildman–Crippen LogP) is 3.89. The van der Waals surface area contributed by atoms with E-state index in [4.69, 9.17) is 4.74 Å². The van der Waals surface area contributed by atoms with Gasteiger partial charge in [-0.3, -0.25) is 0 Å². The van der Waals surface area contributed by atoms with E-state index in [1.165, 1.54) is 12.3 Å². The Bertz CT molecular complexity index is 957. The van der Waals surface area contributed by atoms with Crippen molar-refractivity contribution in [2.45, 2.75) is 11.4 Å². The molecule has 3 rings (SSSR count). The van der Waals surface area contributed by atoms with Crippen molar-refractivity contribution in [3.63, 3.8) is 0 Å². The summed E-state index contributed by atoms with van der Waals surface area (Å²) in [5, 5.41) is 3.09. The van der Waals surface area contributed by atoms with Crippen molar-refractivity contribution < 1.29 is 13.2 Å². The topological polar surface area (TPSA) is 68.3 Å². The summed E-state index contributed by atoms with van der Waals surface area (Å²) in [6, 6.07) is 20.2. The Kier molecular flexibility index (Phi) is 5.00. The molecular weight excluding hydrogens is 336 g/mol. The van der Waals surface area contributed by atoms with E-state index < -0.39 is 9.84 Å². The number of benzene rings is 2. The van der Waals surface area contributed by atoms with Gasteiger partial charge in [0.2, 0.25) is 0 Å². The maximum atomic E-state index is 11.9. The van der Waals surface area contributed by atoms with Gasteiger partial charge in [0.15, 0.2) is 9.84 Å². The number of nitrogens with one attached hydrogen (secondary N) is 1. The highest BCUT2D eigenvalue weighted by atomic mass is 32.2. The van der Waals surface area contributed by atoms with Gasteiger partial charge >= 0.3 is 0 Å². The van der Waals surface area contributed by atoms with E-state index in [9.17, 15) is 8.42 Å². The fourth-order valence-electron chi connectivity index (χ4n) is 2.37. The molecule has 0 bridgehead atoms. The van der Waals surface area contributed by atoms with Crippen LogP contribution >= 0.6 is 0 Å². The second-order valence-electron chi connectivity index (χ2n) is 5.50. The molecule has 0 saturated heterocycles. The van der Waals surface area contributed by atoms with Gasteiger partial charge in [0.25, 0.3) is 0 Å². The van der Waals surface area contributed by atoms with Gasteiger partial charge in [-0.1, -0.05) is 36.4 Å². The van der Waals surface area contributed by atoms with Gasteiger partial charge in [-0.2, -0.15) is 0 Å². The average molecular weight is 354 g/mol. The largest absolute Gasteiger partial charge is 0.457 e. The first-order valence-electron chi connectivity index (χ1n) is 7.74. The summed E-state index contributed by atoms with van der Waals surface area (Å²) in [4.78, 5) is 4.32. The highest BCUT2D eigenvalue weighted by molar-refractivity contribution is 7.90. The molecule has 2 aromatic carbocycles. The average Bonchev–Trinajstić information content (AvgIpc) is 2.61. The Morgan fingerprint density at radius 2 is 1.68 bits per heavy atom. The summed E-state index contributed by atoms with van der Waals surface area (Å²) in [6.07, 6.45) is 2.73. The van der Waals surface area contributed by atoms with Crippen LogP contribution in [0.4, 0.5) is 5.82 Å². The van der Waals surface area contributed by atoms with Crippen LogP contribution in [0.15, 0.2) is 77.8 Å². The highest BCUT2D eigenvalue weighted by Crippen LogP contribution is 2.26. The third kappa shape index (κ3) is 4.36. The van der Waals surface area contributed by atoms with E-state index in [-0.39, 0.29) is 4.90 Å². The van der Waals surface area contributed by atoms with E-state index in [0.29, 0.717) is 18.1 Å². The first-order valence-corrected chi connectivity index (χ1v) is 9.63. The molecule has 5 nitrogen and oxygen atoms in total. The van der Waals surface area contributed by atoms with Crippen LogP contribution in [0.3, 0.4) is 0 Å². The lowest BCUT2D eigenvalue weighted by molar-refractivity contribution is 0.477. The lowest BCUT2D eigenvalue weighted by atomic mass is 10.2. The minimum atomic E-state index is -3.35. The normalized spacial score (nSPS) is 11.1. The van der Waals surface area contributed by atoms with Crippen LogP contribution in [-0.4, -0.2) is 19.7 Å². The molecule has 0 fully saturated rings. The van der Waals surface area contributed by atoms with Crippen LogP contribution in [-0.2, 0) is 16.4 Å². The first-order chi connectivity index (χ1) is 12.0. The van der Waals surface area contributed by atoms with Crippen molar-refractivity contribution in [1.29, 1.82) is 0 Å². The van der Waals surface area contributed by atoms with Gasteiger partial charge < -0.3 is 10.1 Å². The number of sulfone groups is 1. The molecule has 25 heavy (non-hydrogen) atoms. The van der Waals surface area contributed by atoms with E-state index in [0.717, 1.165) is 11.3 Å². The van der Waals surface area contributed by atoms with Gasteiger partial charge in [-0.25, -0.2) is 13.4 Å². The molecular formula is C19H18N2O3S. The van der Waals surface area contributed by atoms with Gasteiger partial charge in [0, 0.05) is 24.6 Å². The Labute approximate surface area is 147 Å². The lowest BCUT2D eigenvalue weighted by Gasteiger charge is -2.13. The van der Waals surface area contributed by atoms with Gasteiger partial charge in [-0.15, -0.1) is 0 Å². The number of ether oxygens (including phenoxy) is 1. The molecule has 0 spiro atoms. The van der Waals surface area contributed by atoms with Gasteiger partial charge in [0.1, 0.15) is 22.2 Å². The van der Waals surface area contributed by atoms with Crippen LogP contribution in [0.5, 0.6) is 11.5 Å². The molecule has 0 unspecified atom stereocenters. The number of pyridine rings is 1. The molecule has 1 heterocycles. The summed E-state index contributed by atoms with van der Waals surface area (Å²) in [6.45, 7) is 0.391. The molecule has 128 valence electrons. The fraction of sp³-hybridized carbons (Fsp3) is 0.105. The minimum absolute atomic E-state index is 0.177. The Balaban J connectivity index is 1.81. The summed E-state index contributed by atoms with van der Waals surface area (Å²) in [5.41, 5.74) is 0.899. The SMILES string of the molecule is CS(=O)(=O)c1cccnc1NCc1ccccc1Oc1ccccc1. The highest BCUT2D eigenvalue weighted by Gasteiger charge is 2.14. The van der Waals surface area contributed by atoms with Crippen molar-refractivity contribution in [3.05, 3.63) is 78.5 Å². The Morgan fingerprint density at radius 3 is 2.44 bits per heavy atom. The quantitative estimate of drug-likeness (QED) is 0.727. The molecule has 0 aliphatic rings. The summed E-state index contributed by atoms with van der Waals surface area (Å²) in [7, 11) is -3.35. The second kappa shape index (κ2) is 7.36. The standard InChI is InChI=1S/C19H18N2O3S/c1-25(22,23)18-12-7-13-20-19(18)21-14-15-8-5-6-11-17(15)24-16-9-3-2-4-10-16/h2-13H,14H2,1H3,(H,20,21). The predicted molar refractivity (Wildman–Crippen MR) is 97.6 cm³/mol. The fourth-order valence-corrected chi connectivity index (χ4v) is 3.17.